The van der Waals surface area contributed by atoms with Gasteiger partial charge in [0, 0.05) is 31.5 Å². The average molecular weight is 356 g/mol. The fourth-order valence-electron chi connectivity index (χ4n) is 3.12. The molecule has 132 valence electrons. The SMILES string of the molecule is O=[N+]([O-])c1cccc(S(=O)(=O)NCC2COC3(CCCCC3)O2)c1. The molecule has 1 saturated carbocycles. The molecule has 2 fully saturated rings. The van der Waals surface area contributed by atoms with Gasteiger partial charge in [0.05, 0.1) is 22.5 Å². The number of sulfonamides is 1. The molecule has 1 unspecified atom stereocenters. The van der Waals surface area contributed by atoms with Gasteiger partial charge in [-0.2, -0.15) is 0 Å². The molecule has 2 aliphatic rings. The van der Waals surface area contributed by atoms with Crippen molar-refractivity contribution in [1.82, 2.24) is 4.72 Å². The van der Waals surface area contributed by atoms with Gasteiger partial charge in [-0.25, -0.2) is 13.1 Å². The summed E-state index contributed by atoms with van der Waals surface area (Å²) >= 11 is 0. The number of ether oxygens (including phenoxy) is 2. The van der Waals surface area contributed by atoms with Crippen molar-refractivity contribution < 1.29 is 22.8 Å². The first-order valence-electron chi connectivity index (χ1n) is 7.96. The molecule has 1 saturated heterocycles. The Kier molecular flexibility index (Phi) is 4.86. The van der Waals surface area contributed by atoms with Crippen LogP contribution in [0, 0.1) is 10.1 Å². The van der Waals surface area contributed by atoms with Crippen molar-refractivity contribution in [3.8, 4) is 0 Å². The molecule has 1 spiro atoms. The van der Waals surface area contributed by atoms with E-state index in [1.807, 2.05) is 0 Å². The summed E-state index contributed by atoms with van der Waals surface area (Å²) in [6, 6.07) is 4.96. The molecule has 3 rings (SSSR count). The molecule has 8 nitrogen and oxygen atoms in total. The molecule has 9 heteroatoms. The van der Waals surface area contributed by atoms with Gasteiger partial charge in [0.15, 0.2) is 5.79 Å². The van der Waals surface area contributed by atoms with Crippen molar-refractivity contribution in [1.29, 1.82) is 0 Å². The monoisotopic (exact) mass is 356 g/mol. The second kappa shape index (κ2) is 6.75. The largest absolute Gasteiger partial charge is 0.347 e. The van der Waals surface area contributed by atoms with E-state index in [0.717, 1.165) is 31.7 Å². The number of benzene rings is 1. The Morgan fingerprint density at radius 1 is 1.29 bits per heavy atom. The lowest BCUT2D eigenvalue weighted by Gasteiger charge is -2.31. The highest BCUT2D eigenvalue weighted by Crippen LogP contribution is 2.37. The first kappa shape index (κ1) is 17.3. The van der Waals surface area contributed by atoms with Gasteiger partial charge < -0.3 is 9.47 Å². The Labute approximate surface area is 140 Å². The molecule has 0 bridgehead atoms. The van der Waals surface area contributed by atoms with E-state index in [4.69, 9.17) is 9.47 Å². The van der Waals surface area contributed by atoms with E-state index in [2.05, 4.69) is 4.72 Å². The van der Waals surface area contributed by atoms with Crippen molar-refractivity contribution in [2.75, 3.05) is 13.2 Å². The number of hydrogen-bond acceptors (Lipinski definition) is 6. The van der Waals surface area contributed by atoms with E-state index in [-0.39, 0.29) is 23.2 Å². The van der Waals surface area contributed by atoms with E-state index in [9.17, 15) is 18.5 Å². The second-order valence-corrected chi connectivity index (χ2v) is 7.90. The van der Waals surface area contributed by atoms with Gasteiger partial charge in [-0.3, -0.25) is 10.1 Å². The summed E-state index contributed by atoms with van der Waals surface area (Å²) < 4.78 is 38.7. The van der Waals surface area contributed by atoms with E-state index in [1.54, 1.807) is 0 Å². The summed E-state index contributed by atoms with van der Waals surface area (Å²) in [5.74, 6) is -0.556. The highest BCUT2D eigenvalue weighted by molar-refractivity contribution is 7.89. The Balaban J connectivity index is 1.61. The molecule has 1 aromatic carbocycles. The van der Waals surface area contributed by atoms with Gasteiger partial charge in [0.2, 0.25) is 10.0 Å². The second-order valence-electron chi connectivity index (χ2n) is 6.13. The predicted octanol–water partition coefficient (Wildman–Crippen LogP) is 1.95. The molecule has 0 radical (unpaired) electrons. The molecule has 1 heterocycles. The van der Waals surface area contributed by atoms with Gasteiger partial charge in [-0.05, 0) is 18.9 Å². The zero-order chi connectivity index (χ0) is 17.2. The Hall–Kier alpha value is -1.55. The minimum atomic E-state index is -3.84. The number of non-ortho nitro benzene ring substituents is 1. The van der Waals surface area contributed by atoms with Gasteiger partial charge in [-0.15, -0.1) is 0 Å². The summed E-state index contributed by atoms with van der Waals surface area (Å²) in [7, 11) is -3.84. The molecule has 0 aromatic heterocycles. The lowest BCUT2D eigenvalue weighted by molar-refractivity contribution is -0.385. The molecular formula is C15H20N2O6S. The van der Waals surface area contributed by atoms with Crippen LogP contribution in [0.3, 0.4) is 0 Å². The van der Waals surface area contributed by atoms with E-state index < -0.39 is 20.7 Å². The smallest absolute Gasteiger partial charge is 0.270 e. The first-order chi connectivity index (χ1) is 11.4. The Morgan fingerprint density at radius 2 is 2.04 bits per heavy atom. The van der Waals surface area contributed by atoms with Crippen LogP contribution in [0.2, 0.25) is 0 Å². The van der Waals surface area contributed by atoms with Crippen LogP contribution < -0.4 is 4.72 Å². The normalized spacial score (nSPS) is 23.4. The average Bonchev–Trinajstić information content (AvgIpc) is 2.96. The maximum Gasteiger partial charge on any atom is 0.270 e. The van der Waals surface area contributed by atoms with Crippen molar-refractivity contribution in [2.24, 2.45) is 0 Å². The Morgan fingerprint density at radius 3 is 2.75 bits per heavy atom. The van der Waals surface area contributed by atoms with Gasteiger partial charge in [-0.1, -0.05) is 12.5 Å². The molecule has 1 N–H and O–H groups in total. The van der Waals surface area contributed by atoms with Crippen LogP contribution in [-0.2, 0) is 19.5 Å². The number of rotatable bonds is 5. The lowest BCUT2D eigenvalue weighted by Crippen LogP contribution is -2.37. The minimum Gasteiger partial charge on any atom is -0.347 e. The fraction of sp³-hybridized carbons (Fsp3) is 0.600. The molecule has 1 atom stereocenters. The summed E-state index contributed by atoms with van der Waals surface area (Å²) in [5, 5.41) is 10.8. The first-order valence-corrected chi connectivity index (χ1v) is 9.44. The third-order valence-corrected chi connectivity index (χ3v) is 5.79. The number of nitrogens with zero attached hydrogens (tertiary/aromatic N) is 1. The van der Waals surface area contributed by atoms with Crippen LogP contribution in [0.5, 0.6) is 0 Å². The lowest BCUT2D eigenvalue weighted by atomic mass is 9.94. The van der Waals surface area contributed by atoms with Crippen molar-refractivity contribution in [3.05, 3.63) is 34.4 Å². The van der Waals surface area contributed by atoms with E-state index >= 15 is 0 Å². The van der Waals surface area contributed by atoms with Gasteiger partial charge in [0.25, 0.3) is 5.69 Å². The van der Waals surface area contributed by atoms with Crippen LogP contribution in [0.4, 0.5) is 5.69 Å². The van der Waals surface area contributed by atoms with Crippen LogP contribution >= 0.6 is 0 Å². The number of nitro benzene ring substituents is 1. The minimum absolute atomic E-state index is 0.0762. The molecule has 1 aromatic rings. The van der Waals surface area contributed by atoms with Crippen LogP contribution in [0.1, 0.15) is 32.1 Å². The van der Waals surface area contributed by atoms with Crippen LogP contribution in [0.25, 0.3) is 0 Å². The van der Waals surface area contributed by atoms with Crippen LogP contribution in [0.15, 0.2) is 29.2 Å². The highest BCUT2D eigenvalue weighted by atomic mass is 32.2. The summed E-state index contributed by atoms with van der Waals surface area (Å²) in [5.41, 5.74) is -0.264. The molecule has 1 aliphatic heterocycles. The highest BCUT2D eigenvalue weighted by Gasteiger charge is 2.42. The van der Waals surface area contributed by atoms with Crippen molar-refractivity contribution in [2.45, 2.75) is 48.9 Å². The predicted molar refractivity (Wildman–Crippen MR) is 84.9 cm³/mol. The van der Waals surface area contributed by atoms with Crippen molar-refractivity contribution in [3.63, 3.8) is 0 Å². The van der Waals surface area contributed by atoms with E-state index in [0.29, 0.717) is 6.61 Å². The van der Waals surface area contributed by atoms with Crippen LogP contribution in [-0.4, -0.2) is 38.4 Å². The summed E-state index contributed by atoms with van der Waals surface area (Å²) in [4.78, 5) is 10.0. The summed E-state index contributed by atoms with van der Waals surface area (Å²) in [6.45, 7) is 0.421. The third kappa shape index (κ3) is 3.75. The van der Waals surface area contributed by atoms with Crippen molar-refractivity contribution >= 4 is 15.7 Å². The zero-order valence-electron chi connectivity index (χ0n) is 13.1. The Bertz CT molecular complexity index is 714. The topological polar surface area (TPSA) is 108 Å². The standard InChI is InChI=1S/C15H20N2O6S/c18-17(19)12-5-4-6-14(9-12)24(20,21)16-10-13-11-22-15(23-13)7-2-1-3-8-15/h4-6,9,13,16H,1-3,7-8,10-11H2. The number of nitro groups is 1. The van der Waals surface area contributed by atoms with E-state index in [1.165, 1.54) is 24.6 Å². The number of hydrogen-bond donors (Lipinski definition) is 1. The van der Waals surface area contributed by atoms with Gasteiger partial charge in [0.1, 0.15) is 0 Å². The maximum atomic E-state index is 12.3. The third-order valence-electron chi connectivity index (χ3n) is 4.37. The summed E-state index contributed by atoms with van der Waals surface area (Å²) in [6.07, 6.45) is 4.58. The van der Waals surface area contributed by atoms with Gasteiger partial charge >= 0.3 is 0 Å². The molecule has 1 aliphatic carbocycles. The fourth-order valence-corrected chi connectivity index (χ4v) is 4.23. The number of nitrogens with one attached hydrogen (secondary N) is 1. The molecular weight excluding hydrogens is 336 g/mol. The molecule has 0 amide bonds. The zero-order valence-corrected chi connectivity index (χ0v) is 14.0. The quantitative estimate of drug-likeness (QED) is 0.638. The molecule has 24 heavy (non-hydrogen) atoms. The maximum absolute atomic E-state index is 12.3.